The second-order valence-corrected chi connectivity index (χ2v) is 12.4. The summed E-state index contributed by atoms with van der Waals surface area (Å²) in [6, 6.07) is 1.48. The lowest BCUT2D eigenvalue weighted by Gasteiger charge is -2.33. The molecule has 0 aromatic carbocycles. The van der Waals surface area contributed by atoms with Crippen molar-refractivity contribution in [2.75, 3.05) is 55.7 Å². The van der Waals surface area contributed by atoms with E-state index in [1.807, 2.05) is 0 Å². The van der Waals surface area contributed by atoms with Crippen LogP contribution in [-0.2, 0) is 26.6 Å². The lowest BCUT2D eigenvalue weighted by molar-refractivity contribution is 0.118. The molecule has 0 amide bonds. The molecule has 0 fully saturated rings. The summed E-state index contributed by atoms with van der Waals surface area (Å²) in [6.07, 6.45) is 3.56. The van der Waals surface area contributed by atoms with E-state index in [1.54, 1.807) is 42.7 Å². The van der Waals surface area contributed by atoms with Crippen molar-refractivity contribution in [3.8, 4) is 0 Å². The van der Waals surface area contributed by atoms with Gasteiger partial charge in [-0.1, -0.05) is 0 Å². The molecule has 0 atom stereocenters. The predicted molar refractivity (Wildman–Crippen MR) is 102 cm³/mol. The Morgan fingerprint density at radius 1 is 0.600 bits per heavy atom. The van der Waals surface area contributed by atoms with Crippen LogP contribution in [0.1, 0.15) is 25.7 Å². The molecule has 0 unspecified atom stereocenters. The fraction of sp³-hybridized carbons (Fsp3) is 1.00. The second-order valence-electron chi connectivity index (χ2n) is 6.21. The summed E-state index contributed by atoms with van der Waals surface area (Å²) >= 11 is 0. The van der Waals surface area contributed by atoms with E-state index in [2.05, 4.69) is 0 Å². The van der Waals surface area contributed by atoms with Crippen LogP contribution in [0.25, 0.3) is 0 Å². The maximum absolute atomic E-state index is 6.07. The van der Waals surface area contributed by atoms with E-state index in [-0.39, 0.29) is 5.41 Å². The van der Waals surface area contributed by atoms with Crippen molar-refractivity contribution < 1.29 is 26.6 Å². The first-order valence-electron chi connectivity index (χ1n) is 8.61. The van der Waals surface area contributed by atoms with Crippen LogP contribution in [0, 0.1) is 5.41 Å². The maximum Gasteiger partial charge on any atom is 0.500 e. The third-order valence-electron chi connectivity index (χ3n) is 5.11. The monoisotopic (exact) mass is 398 g/mol. The molecule has 0 saturated carbocycles. The molecule has 0 bridgehead atoms. The molecule has 0 aliphatic rings. The van der Waals surface area contributed by atoms with Gasteiger partial charge in [-0.3, -0.25) is 0 Å². The average Bonchev–Trinajstić information content (AvgIpc) is 2.68. The minimum Gasteiger partial charge on any atom is -0.377 e. The number of hydrogen-bond acceptors (Lipinski definition) is 8. The zero-order chi connectivity index (χ0) is 19.4. The molecule has 0 radical (unpaired) electrons. The van der Waals surface area contributed by atoms with Crippen molar-refractivity contribution in [2.24, 2.45) is 16.9 Å². The summed E-state index contributed by atoms with van der Waals surface area (Å²) in [6.45, 7) is 1.07. The molecule has 0 aliphatic heterocycles. The van der Waals surface area contributed by atoms with Gasteiger partial charge in [-0.05, 0) is 44.2 Å². The Kier molecular flexibility index (Phi) is 12.5. The summed E-state index contributed by atoms with van der Waals surface area (Å²) in [7, 11) is 4.65. The van der Waals surface area contributed by atoms with Crippen LogP contribution in [-0.4, -0.2) is 73.4 Å². The molecule has 4 N–H and O–H groups in total. The van der Waals surface area contributed by atoms with Crippen molar-refractivity contribution >= 4 is 17.6 Å². The van der Waals surface area contributed by atoms with Gasteiger partial charge in [0.05, 0.1) is 0 Å². The van der Waals surface area contributed by atoms with Gasteiger partial charge >= 0.3 is 17.6 Å². The largest absolute Gasteiger partial charge is 0.500 e. The minimum absolute atomic E-state index is 0.120. The normalized spacial score (nSPS) is 13.4. The average molecular weight is 399 g/mol. The molecular weight excluding hydrogens is 360 g/mol. The summed E-state index contributed by atoms with van der Waals surface area (Å²) in [5.74, 6) is 0. The summed E-state index contributed by atoms with van der Waals surface area (Å²) < 4.78 is 32.9. The van der Waals surface area contributed by atoms with E-state index in [9.17, 15) is 0 Å². The lowest BCUT2D eigenvalue weighted by atomic mass is 9.79. The van der Waals surface area contributed by atoms with E-state index in [0.29, 0.717) is 13.1 Å². The molecule has 0 aliphatic carbocycles. The molecule has 8 nitrogen and oxygen atoms in total. The Bertz CT molecular complexity index is 295. The zero-order valence-corrected chi connectivity index (χ0v) is 18.8. The highest BCUT2D eigenvalue weighted by molar-refractivity contribution is 6.60. The minimum atomic E-state index is -2.56. The van der Waals surface area contributed by atoms with Crippen molar-refractivity contribution in [2.45, 2.75) is 37.8 Å². The Morgan fingerprint density at radius 3 is 1.08 bits per heavy atom. The molecular formula is C15H38N2O6Si2. The van der Waals surface area contributed by atoms with Crippen LogP contribution in [0.4, 0.5) is 0 Å². The van der Waals surface area contributed by atoms with Crippen molar-refractivity contribution in [3.63, 3.8) is 0 Å². The van der Waals surface area contributed by atoms with Gasteiger partial charge in [0, 0.05) is 54.7 Å². The lowest BCUT2D eigenvalue weighted by Crippen LogP contribution is -2.44. The van der Waals surface area contributed by atoms with Gasteiger partial charge in [-0.2, -0.15) is 0 Å². The standard InChI is InChI=1S/C15H38N2O6Si2/c1-18-24(19-2,20-3)11-7-9-15(13-16,14-17)10-8-12-25(21-4,22-5)23-6/h7-14,16-17H2,1-6H3. The molecule has 0 rings (SSSR count). The smallest absolute Gasteiger partial charge is 0.377 e. The van der Waals surface area contributed by atoms with Gasteiger partial charge in [0.2, 0.25) is 0 Å². The van der Waals surface area contributed by atoms with Crippen LogP contribution >= 0.6 is 0 Å². The quantitative estimate of drug-likeness (QED) is 0.374. The number of rotatable bonds is 16. The van der Waals surface area contributed by atoms with E-state index >= 15 is 0 Å². The summed E-state index contributed by atoms with van der Waals surface area (Å²) in [4.78, 5) is 0. The van der Waals surface area contributed by atoms with Gasteiger partial charge in [-0.25, -0.2) is 0 Å². The fourth-order valence-electron chi connectivity index (χ4n) is 3.09. The van der Waals surface area contributed by atoms with Crippen LogP contribution in [0.5, 0.6) is 0 Å². The number of nitrogens with two attached hydrogens (primary N) is 2. The third-order valence-corrected chi connectivity index (χ3v) is 10.8. The molecule has 0 saturated heterocycles. The molecule has 0 spiro atoms. The van der Waals surface area contributed by atoms with Crippen LogP contribution in [0.3, 0.4) is 0 Å². The Labute approximate surface area is 155 Å². The molecule has 0 aromatic heterocycles. The summed E-state index contributed by atoms with van der Waals surface area (Å²) in [5.41, 5.74) is 12.0. The van der Waals surface area contributed by atoms with E-state index in [1.165, 1.54) is 0 Å². The van der Waals surface area contributed by atoms with Crippen molar-refractivity contribution in [1.82, 2.24) is 0 Å². The van der Waals surface area contributed by atoms with E-state index < -0.39 is 17.6 Å². The SMILES string of the molecule is CO[Si](CCCC(CN)(CN)CCC[Si](OC)(OC)OC)(OC)OC. The molecule has 0 aromatic rings. The van der Waals surface area contributed by atoms with Crippen LogP contribution in [0.2, 0.25) is 12.1 Å². The summed E-state index contributed by atoms with van der Waals surface area (Å²) in [5, 5.41) is 0. The maximum atomic E-state index is 6.07. The predicted octanol–water partition coefficient (Wildman–Crippen LogP) is 1.21. The molecule has 10 heteroatoms. The Hall–Kier alpha value is 0.114. The Morgan fingerprint density at radius 2 is 0.880 bits per heavy atom. The van der Waals surface area contributed by atoms with Gasteiger partial charge in [0.25, 0.3) is 0 Å². The van der Waals surface area contributed by atoms with Gasteiger partial charge in [0.1, 0.15) is 0 Å². The van der Waals surface area contributed by atoms with Gasteiger partial charge in [0.15, 0.2) is 0 Å². The zero-order valence-electron chi connectivity index (χ0n) is 16.8. The first-order valence-corrected chi connectivity index (χ1v) is 12.5. The molecule has 25 heavy (non-hydrogen) atoms. The third kappa shape index (κ3) is 7.33. The van der Waals surface area contributed by atoms with Crippen molar-refractivity contribution in [3.05, 3.63) is 0 Å². The number of hydrogen-bond donors (Lipinski definition) is 2. The molecule has 0 heterocycles. The Balaban J connectivity index is 4.69. The van der Waals surface area contributed by atoms with E-state index in [4.69, 9.17) is 38.0 Å². The topological polar surface area (TPSA) is 107 Å². The van der Waals surface area contributed by atoms with Crippen molar-refractivity contribution in [1.29, 1.82) is 0 Å². The highest BCUT2D eigenvalue weighted by Crippen LogP contribution is 2.32. The molecule has 152 valence electrons. The highest BCUT2D eigenvalue weighted by atomic mass is 28.4. The highest BCUT2D eigenvalue weighted by Gasteiger charge is 2.40. The first kappa shape index (κ1) is 25.1. The van der Waals surface area contributed by atoms with Gasteiger partial charge < -0.3 is 38.0 Å². The van der Waals surface area contributed by atoms with Crippen LogP contribution < -0.4 is 11.5 Å². The van der Waals surface area contributed by atoms with Crippen LogP contribution in [0.15, 0.2) is 0 Å². The van der Waals surface area contributed by atoms with E-state index in [0.717, 1.165) is 37.8 Å². The first-order chi connectivity index (χ1) is 11.9. The fourth-order valence-corrected chi connectivity index (χ4v) is 6.53. The van der Waals surface area contributed by atoms with Gasteiger partial charge in [-0.15, -0.1) is 0 Å². The second kappa shape index (κ2) is 12.5.